The Morgan fingerprint density at radius 3 is 2.21 bits per heavy atom. The van der Waals surface area contributed by atoms with Gasteiger partial charge in [0, 0.05) is 21.3 Å². The molecule has 0 aliphatic heterocycles. The fourth-order valence-corrected chi connectivity index (χ4v) is 4.37. The van der Waals surface area contributed by atoms with Crippen LogP contribution in [0.5, 0.6) is 0 Å². The number of rotatable bonds is 6. The third-order valence-corrected chi connectivity index (χ3v) is 6.13. The van der Waals surface area contributed by atoms with Crippen LogP contribution in [0, 0.1) is 0 Å². The molecule has 0 radical (unpaired) electrons. The van der Waals surface area contributed by atoms with Crippen LogP contribution < -0.4 is 5.32 Å². The van der Waals surface area contributed by atoms with Crippen molar-refractivity contribution in [2.24, 2.45) is 0 Å². The van der Waals surface area contributed by atoms with Gasteiger partial charge in [-0.15, -0.1) is 0 Å². The Morgan fingerprint density at radius 1 is 1.04 bits per heavy atom. The normalized spacial score (nSPS) is 12.8. The predicted molar refractivity (Wildman–Crippen MR) is 101 cm³/mol. The van der Waals surface area contributed by atoms with E-state index < -0.39 is 8.80 Å². The zero-order valence-corrected chi connectivity index (χ0v) is 15.6. The summed E-state index contributed by atoms with van der Waals surface area (Å²) in [5, 5.41) is 2.87. The number of benzene rings is 2. The average Bonchev–Trinajstić information content (AvgIpc) is 2.91. The number of ether oxygens (including phenoxy) is 1. The van der Waals surface area contributed by atoms with Crippen molar-refractivity contribution in [3.63, 3.8) is 0 Å². The first-order valence-electron chi connectivity index (χ1n) is 8.75. The molecule has 0 heterocycles. The van der Waals surface area contributed by atoms with Crippen LogP contribution in [-0.2, 0) is 4.74 Å². The van der Waals surface area contributed by atoms with Crippen molar-refractivity contribution in [3.8, 4) is 11.1 Å². The second-order valence-corrected chi connectivity index (χ2v) is 10.2. The maximum atomic E-state index is 11.9. The highest BCUT2D eigenvalue weighted by molar-refractivity contribution is 6.55. The quantitative estimate of drug-likeness (QED) is 0.626. The molecule has 3 nitrogen and oxygen atoms in total. The van der Waals surface area contributed by atoms with Crippen LogP contribution in [-0.4, -0.2) is 28.0 Å². The maximum absolute atomic E-state index is 11.9. The van der Waals surface area contributed by atoms with E-state index in [-0.39, 0.29) is 12.0 Å². The van der Waals surface area contributed by atoms with E-state index in [1.165, 1.54) is 28.3 Å². The van der Waals surface area contributed by atoms with E-state index in [0.29, 0.717) is 13.2 Å². The molecule has 2 aromatic carbocycles. The summed E-state index contributed by atoms with van der Waals surface area (Å²) in [5.41, 5.74) is 5.00. The standard InChI is InChI=1S/C20H25NO2Si/c1-24(2)13-7-12-21-20(22)23-14-19-17-10-5-3-8-15(17)16-9-4-6-11-18(16)19/h3-6,8-11,19,24H,7,12-14H2,1-2H3,(H,21,22). The first-order chi connectivity index (χ1) is 11.7. The number of carbonyl (C=O) groups excluding carboxylic acids is 1. The lowest BCUT2D eigenvalue weighted by Crippen LogP contribution is -2.27. The van der Waals surface area contributed by atoms with Crippen molar-refractivity contribution < 1.29 is 9.53 Å². The van der Waals surface area contributed by atoms with Gasteiger partial charge in [0.1, 0.15) is 6.61 Å². The van der Waals surface area contributed by atoms with Gasteiger partial charge in [-0.1, -0.05) is 67.7 Å². The molecule has 2 aromatic rings. The molecule has 0 bridgehead atoms. The first-order valence-corrected chi connectivity index (χ1v) is 11.9. The van der Waals surface area contributed by atoms with E-state index in [4.69, 9.17) is 4.74 Å². The minimum Gasteiger partial charge on any atom is -0.449 e. The summed E-state index contributed by atoms with van der Waals surface area (Å²) >= 11 is 0. The molecule has 0 aromatic heterocycles. The van der Waals surface area contributed by atoms with Crippen molar-refractivity contribution >= 4 is 14.9 Å². The van der Waals surface area contributed by atoms with Gasteiger partial charge < -0.3 is 10.1 Å². The third kappa shape index (κ3) is 3.70. The van der Waals surface area contributed by atoms with Crippen LogP contribution in [0.2, 0.25) is 19.1 Å². The van der Waals surface area contributed by atoms with Crippen molar-refractivity contribution in [2.45, 2.75) is 31.5 Å². The molecule has 1 N–H and O–H groups in total. The highest BCUT2D eigenvalue weighted by atomic mass is 28.3. The topological polar surface area (TPSA) is 38.3 Å². The Bertz CT molecular complexity index is 669. The Kier molecular flexibility index (Phi) is 5.36. The van der Waals surface area contributed by atoms with Gasteiger partial charge in [0.2, 0.25) is 0 Å². The lowest BCUT2D eigenvalue weighted by atomic mass is 9.98. The second-order valence-electron chi connectivity index (χ2n) is 6.79. The van der Waals surface area contributed by atoms with Crippen LogP contribution in [0.3, 0.4) is 0 Å². The summed E-state index contributed by atoms with van der Waals surface area (Å²) in [4.78, 5) is 11.9. The fourth-order valence-electron chi connectivity index (χ4n) is 3.35. The van der Waals surface area contributed by atoms with E-state index in [0.717, 1.165) is 6.42 Å². The molecule has 0 fully saturated rings. The number of carbonyl (C=O) groups is 1. The van der Waals surface area contributed by atoms with Gasteiger partial charge in [0.15, 0.2) is 0 Å². The van der Waals surface area contributed by atoms with Crippen molar-refractivity contribution in [3.05, 3.63) is 59.7 Å². The Labute approximate surface area is 145 Å². The van der Waals surface area contributed by atoms with Crippen LogP contribution in [0.25, 0.3) is 11.1 Å². The molecule has 1 aliphatic rings. The fraction of sp³-hybridized carbons (Fsp3) is 0.350. The molecule has 0 saturated heterocycles. The monoisotopic (exact) mass is 339 g/mol. The van der Waals surface area contributed by atoms with Crippen molar-refractivity contribution in [1.82, 2.24) is 5.32 Å². The number of hydrogen-bond donors (Lipinski definition) is 1. The molecule has 3 rings (SSSR count). The van der Waals surface area contributed by atoms with Crippen molar-refractivity contribution in [1.29, 1.82) is 0 Å². The van der Waals surface area contributed by atoms with Crippen LogP contribution >= 0.6 is 0 Å². The van der Waals surface area contributed by atoms with E-state index in [9.17, 15) is 4.79 Å². The molecule has 24 heavy (non-hydrogen) atoms. The van der Waals surface area contributed by atoms with Gasteiger partial charge in [-0.2, -0.15) is 0 Å². The summed E-state index contributed by atoms with van der Waals surface area (Å²) in [7, 11) is -0.535. The zero-order chi connectivity index (χ0) is 16.9. The minimum atomic E-state index is -0.535. The van der Waals surface area contributed by atoms with Gasteiger partial charge in [-0.3, -0.25) is 0 Å². The molecule has 0 spiro atoms. The molecule has 0 unspecified atom stereocenters. The van der Waals surface area contributed by atoms with Crippen LogP contribution in [0.1, 0.15) is 23.5 Å². The number of hydrogen-bond acceptors (Lipinski definition) is 2. The molecule has 1 aliphatic carbocycles. The summed E-state index contributed by atoms with van der Waals surface area (Å²) in [6.45, 7) is 5.75. The number of nitrogens with one attached hydrogen (secondary N) is 1. The van der Waals surface area contributed by atoms with E-state index in [1.54, 1.807) is 0 Å². The van der Waals surface area contributed by atoms with Gasteiger partial charge >= 0.3 is 6.09 Å². The minimum absolute atomic E-state index is 0.131. The molecule has 0 saturated carbocycles. The highest BCUT2D eigenvalue weighted by Gasteiger charge is 2.28. The SMILES string of the molecule is C[SiH](C)CCCNC(=O)OCC1c2ccccc2-c2ccccc21. The van der Waals surface area contributed by atoms with Crippen LogP contribution in [0.15, 0.2) is 48.5 Å². The summed E-state index contributed by atoms with van der Waals surface area (Å²) < 4.78 is 5.51. The lowest BCUT2D eigenvalue weighted by Gasteiger charge is -2.14. The Morgan fingerprint density at radius 2 is 1.62 bits per heavy atom. The van der Waals surface area contributed by atoms with Crippen molar-refractivity contribution in [2.75, 3.05) is 13.2 Å². The number of fused-ring (bicyclic) bond motifs is 3. The number of amides is 1. The smallest absolute Gasteiger partial charge is 0.407 e. The van der Waals surface area contributed by atoms with Gasteiger partial charge in [-0.05, 0) is 28.7 Å². The molecule has 126 valence electrons. The summed E-state index contributed by atoms with van der Waals surface area (Å²) in [6.07, 6.45) is 0.746. The molecular formula is C20H25NO2Si. The van der Waals surface area contributed by atoms with E-state index in [1.807, 2.05) is 12.1 Å². The average molecular weight is 340 g/mol. The van der Waals surface area contributed by atoms with E-state index >= 15 is 0 Å². The van der Waals surface area contributed by atoms with Gasteiger partial charge in [-0.25, -0.2) is 4.79 Å². The molecule has 1 amide bonds. The molecular weight excluding hydrogens is 314 g/mol. The number of alkyl carbamates (subject to hydrolysis) is 1. The maximum Gasteiger partial charge on any atom is 0.407 e. The Balaban J connectivity index is 1.60. The summed E-state index contributed by atoms with van der Waals surface area (Å²) in [5.74, 6) is 0.131. The third-order valence-electron chi connectivity index (χ3n) is 4.57. The summed E-state index contributed by atoms with van der Waals surface area (Å²) in [6, 6.07) is 18.0. The Hall–Kier alpha value is -2.07. The van der Waals surface area contributed by atoms with Crippen LogP contribution in [0.4, 0.5) is 4.79 Å². The van der Waals surface area contributed by atoms with Gasteiger partial charge in [0.05, 0.1) is 0 Å². The molecule has 0 atom stereocenters. The second kappa shape index (κ2) is 7.66. The van der Waals surface area contributed by atoms with E-state index in [2.05, 4.69) is 54.8 Å². The largest absolute Gasteiger partial charge is 0.449 e. The van der Waals surface area contributed by atoms with Gasteiger partial charge in [0.25, 0.3) is 0 Å². The highest BCUT2D eigenvalue weighted by Crippen LogP contribution is 2.44. The zero-order valence-electron chi connectivity index (χ0n) is 14.4. The lowest BCUT2D eigenvalue weighted by molar-refractivity contribution is 0.143. The predicted octanol–water partition coefficient (Wildman–Crippen LogP) is 4.40. The molecule has 4 heteroatoms. The first kappa shape index (κ1) is 16.8.